The largest absolute Gasteiger partial charge is 0.339 e. The average molecular weight is 326 g/mol. The molecule has 0 saturated carbocycles. The summed E-state index contributed by atoms with van der Waals surface area (Å²) in [6.45, 7) is 0. The second-order valence-corrected chi connectivity index (χ2v) is 4.88. The molecule has 0 aliphatic heterocycles. The SMILES string of the molecule is O=C(Nc1ccc(Nc2ccccc2)nn1)c1ccc(F)c(F)c1. The Hall–Kier alpha value is -3.35. The van der Waals surface area contributed by atoms with E-state index in [1.54, 1.807) is 12.1 Å². The van der Waals surface area contributed by atoms with Crippen LogP contribution in [0.15, 0.2) is 60.7 Å². The number of rotatable bonds is 4. The Morgan fingerprint density at radius 3 is 2.21 bits per heavy atom. The number of carbonyl (C=O) groups is 1. The molecule has 0 aliphatic carbocycles. The van der Waals surface area contributed by atoms with Gasteiger partial charge in [0.05, 0.1) is 0 Å². The van der Waals surface area contributed by atoms with Gasteiger partial charge in [0.15, 0.2) is 23.3 Å². The smallest absolute Gasteiger partial charge is 0.256 e. The van der Waals surface area contributed by atoms with Gasteiger partial charge in [-0.1, -0.05) is 18.2 Å². The van der Waals surface area contributed by atoms with Crippen molar-refractivity contribution < 1.29 is 13.6 Å². The highest BCUT2D eigenvalue weighted by molar-refractivity contribution is 6.03. The molecule has 2 N–H and O–H groups in total. The third-order valence-electron chi connectivity index (χ3n) is 3.13. The normalized spacial score (nSPS) is 10.2. The predicted octanol–water partition coefficient (Wildman–Crippen LogP) is 3.75. The molecule has 0 spiro atoms. The van der Waals surface area contributed by atoms with Gasteiger partial charge in [-0.15, -0.1) is 10.2 Å². The lowest BCUT2D eigenvalue weighted by molar-refractivity contribution is 0.102. The van der Waals surface area contributed by atoms with Crippen LogP contribution in [0.25, 0.3) is 0 Å². The van der Waals surface area contributed by atoms with Gasteiger partial charge in [0.25, 0.3) is 5.91 Å². The fourth-order valence-corrected chi connectivity index (χ4v) is 1.96. The number of para-hydroxylation sites is 1. The zero-order valence-corrected chi connectivity index (χ0v) is 12.3. The first-order valence-corrected chi connectivity index (χ1v) is 7.04. The number of nitrogens with zero attached hydrogens (tertiary/aromatic N) is 2. The molecule has 0 aliphatic rings. The quantitative estimate of drug-likeness (QED) is 0.766. The summed E-state index contributed by atoms with van der Waals surface area (Å²) in [4.78, 5) is 12.0. The lowest BCUT2D eigenvalue weighted by Crippen LogP contribution is -2.14. The van der Waals surface area contributed by atoms with Gasteiger partial charge in [0.2, 0.25) is 0 Å². The Morgan fingerprint density at radius 1 is 0.833 bits per heavy atom. The van der Waals surface area contributed by atoms with Crippen molar-refractivity contribution in [1.82, 2.24) is 10.2 Å². The highest BCUT2D eigenvalue weighted by Crippen LogP contribution is 2.15. The molecule has 1 aromatic heterocycles. The maximum Gasteiger partial charge on any atom is 0.256 e. The molecule has 120 valence electrons. The second-order valence-electron chi connectivity index (χ2n) is 4.88. The van der Waals surface area contributed by atoms with Gasteiger partial charge in [-0.3, -0.25) is 4.79 Å². The second kappa shape index (κ2) is 6.82. The first-order valence-electron chi connectivity index (χ1n) is 7.04. The van der Waals surface area contributed by atoms with E-state index < -0.39 is 17.5 Å². The molecule has 2 aromatic carbocycles. The molecule has 0 saturated heterocycles. The number of carbonyl (C=O) groups excluding carboxylic acids is 1. The van der Waals surface area contributed by atoms with Crippen LogP contribution in [0.2, 0.25) is 0 Å². The molecular formula is C17H12F2N4O. The van der Waals surface area contributed by atoms with E-state index in [0.29, 0.717) is 5.82 Å². The molecule has 7 heteroatoms. The van der Waals surface area contributed by atoms with E-state index in [1.807, 2.05) is 30.3 Å². The zero-order chi connectivity index (χ0) is 16.9. The van der Waals surface area contributed by atoms with E-state index in [4.69, 9.17) is 0 Å². The molecule has 3 aromatic rings. The zero-order valence-electron chi connectivity index (χ0n) is 12.3. The molecule has 0 bridgehead atoms. The minimum atomic E-state index is -1.09. The summed E-state index contributed by atoms with van der Waals surface area (Å²) in [6, 6.07) is 15.5. The molecule has 0 radical (unpaired) electrons. The van der Waals surface area contributed by atoms with Crippen molar-refractivity contribution in [3.05, 3.63) is 77.9 Å². The molecule has 1 heterocycles. The first-order chi connectivity index (χ1) is 11.6. The first kappa shape index (κ1) is 15.5. The van der Waals surface area contributed by atoms with Gasteiger partial charge in [-0.05, 0) is 42.5 Å². The van der Waals surface area contributed by atoms with Crippen LogP contribution in [-0.2, 0) is 0 Å². The molecule has 24 heavy (non-hydrogen) atoms. The number of nitrogens with one attached hydrogen (secondary N) is 2. The van der Waals surface area contributed by atoms with Crippen molar-refractivity contribution in [2.75, 3.05) is 10.6 Å². The maximum atomic E-state index is 13.1. The van der Waals surface area contributed by atoms with Crippen LogP contribution in [0.5, 0.6) is 0 Å². The number of amides is 1. The molecule has 3 rings (SSSR count). The van der Waals surface area contributed by atoms with Gasteiger partial charge in [0.1, 0.15) is 0 Å². The van der Waals surface area contributed by atoms with E-state index in [9.17, 15) is 13.6 Å². The van der Waals surface area contributed by atoms with E-state index >= 15 is 0 Å². The van der Waals surface area contributed by atoms with Crippen LogP contribution in [0.3, 0.4) is 0 Å². The standard InChI is InChI=1S/C17H12F2N4O/c18-13-7-6-11(10-14(13)19)17(24)21-16-9-8-15(22-23-16)20-12-4-2-1-3-5-12/h1-10H,(H,20,22)(H,21,23,24). The molecule has 0 fully saturated rings. The Bertz CT molecular complexity index is 854. The van der Waals surface area contributed by atoms with Gasteiger partial charge in [-0.25, -0.2) is 8.78 Å². The summed E-state index contributed by atoms with van der Waals surface area (Å²) in [7, 11) is 0. The van der Waals surface area contributed by atoms with Crippen LogP contribution < -0.4 is 10.6 Å². The number of anilines is 3. The van der Waals surface area contributed by atoms with Crippen LogP contribution >= 0.6 is 0 Å². The predicted molar refractivity (Wildman–Crippen MR) is 86.1 cm³/mol. The average Bonchev–Trinajstić information content (AvgIpc) is 2.60. The molecule has 1 amide bonds. The van der Waals surface area contributed by atoms with E-state index in [0.717, 1.165) is 17.8 Å². The Labute approximate surface area is 136 Å². The van der Waals surface area contributed by atoms with Gasteiger partial charge in [0, 0.05) is 11.3 Å². The van der Waals surface area contributed by atoms with Crippen molar-refractivity contribution in [3.63, 3.8) is 0 Å². The van der Waals surface area contributed by atoms with Crippen molar-refractivity contribution in [2.24, 2.45) is 0 Å². The van der Waals surface area contributed by atoms with Crippen LogP contribution in [0.1, 0.15) is 10.4 Å². The van der Waals surface area contributed by atoms with Crippen molar-refractivity contribution in [3.8, 4) is 0 Å². The fraction of sp³-hybridized carbons (Fsp3) is 0. The topological polar surface area (TPSA) is 66.9 Å². The summed E-state index contributed by atoms with van der Waals surface area (Å²) in [5.41, 5.74) is 0.840. The fourth-order valence-electron chi connectivity index (χ4n) is 1.96. The van der Waals surface area contributed by atoms with Gasteiger partial charge < -0.3 is 10.6 Å². The van der Waals surface area contributed by atoms with Gasteiger partial charge >= 0.3 is 0 Å². The summed E-state index contributed by atoms with van der Waals surface area (Å²) < 4.78 is 26.0. The third-order valence-corrected chi connectivity index (χ3v) is 3.13. The summed E-state index contributed by atoms with van der Waals surface area (Å²) in [5.74, 6) is -2.00. The monoisotopic (exact) mass is 326 g/mol. The Balaban J connectivity index is 1.67. The Morgan fingerprint density at radius 2 is 1.54 bits per heavy atom. The molecule has 0 unspecified atom stereocenters. The van der Waals surface area contributed by atoms with Crippen molar-refractivity contribution in [1.29, 1.82) is 0 Å². The summed E-state index contributed by atoms with van der Waals surface area (Å²) in [6.07, 6.45) is 0. The summed E-state index contributed by atoms with van der Waals surface area (Å²) in [5, 5.41) is 13.3. The lowest BCUT2D eigenvalue weighted by Gasteiger charge is -2.07. The third kappa shape index (κ3) is 3.70. The molecule has 5 nitrogen and oxygen atoms in total. The van der Waals surface area contributed by atoms with Crippen LogP contribution in [0, 0.1) is 11.6 Å². The van der Waals surface area contributed by atoms with Crippen LogP contribution in [-0.4, -0.2) is 16.1 Å². The highest BCUT2D eigenvalue weighted by Gasteiger charge is 2.10. The number of halogens is 2. The Kier molecular flexibility index (Phi) is 4.42. The van der Waals surface area contributed by atoms with E-state index in [2.05, 4.69) is 20.8 Å². The number of hydrogen-bond acceptors (Lipinski definition) is 4. The number of hydrogen-bond donors (Lipinski definition) is 2. The molecule has 0 atom stereocenters. The van der Waals surface area contributed by atoms with Crippen LogP contribution in [0.4, 0.5) is 26.1 Å². The highest BCUT2D eigenvalue weighted by atomic mass is 19.2. The van der Waals surface area contributed by atoms with E-state index in [-0.39, 0.29) is 11.4 Å². The number of aromatic nitrogens is 2. The maximum absolute atomic E-state index is 13.1. The lowest BCUT2D eigenvalue weighted by atomic mass is 10.2. The van der Waals surface area contributed by atoms with Crippen molar-refractivity contribution in [2.45, 2.75) is 0 Å². The number of benzene rings is 2. The van der Waals surface area contributed by atoms with E-state index in [1.165, 1.54) is 6.07 Å². The summed E-state index contributed by atoms with van der Waals surface area (Å²) >= 11 is 0. The minimum absolute atomic E-state index is 0.0119. The van der Waals surface area contributed by atoms with Crippen molar-refractivity contribution >= 4 is 23.2 Å². The van der Waals surface area contributed by atoms with Gasteiger partial charge in [-0.2, -0.15) is 0 Å². The minimum Gasteiger partial charge on any atom is -0.339 e. The molecular weight excluding hydrogens is 314 g/mol.